The SMILES string of the molecule is CCOc1ccccc1N1C(=O)/C(=C\c2cc(OC)c(OC)c(OC)c2)NC1=S. The molecule has 1 aliphatic heterocycles. The van der Waals surface area contributed by atoms with Gasteiger partial charge in [0.15, 0.2) is 16.6 Å². The molecule has 1 saturated heterocycles. The van der Waals surface area contributed by atoms with Crippen LogP contribution in [0.4, 0.5) is 5.69 Å². The lowest BCUT2D eigenvalue weighted by atomic mass is 10.1. The van der Waals surface area contributed by atoms with Crippen LogP contribution in [0.2, 0.25) is 0 Å². The van der Waals surface area contributed by atoms with Gasteiger partial charge in [-0.15, -0.1) is 0 Å². The highest BCUT2D eigenvalue weighted by Crippen LogP contribution is 2.39. The van der Waals surface area contributed by atoms with Crippen LogP contribution in [0.25, 0.3) is 6.08 Å². The average molecular weight is 414 g/mol. The fourth-order valence-corrected chi connectivity index (χ4v) is 3.32. The Hall–Kier alpha value is -3.26. The number of para-hydroxylation sites is 2. The number of hydrogen-bond donors (Lipinski definition) is 1. The third kappa shape index (κ3) is 3.97. The van der Waals surface area contributed by atoms with Crippen molar-refractivity contribution in [2.45, 2.75) is 6.92 Å². The first-order chi connectivity index (χ1) is 14.0. The van der Waals surface area contributed by atoms with Crippen LogP contribution < -0.4 is 29.2 Å². The predicted octanol–water partition coefficient (Wildman–Crippen LogP) is 3.37. The van der Waals surface area contributed by atoms with Gasteiger partial charge in [-0.1, -0.05) is 12.1 Å². The van der Waals surface area contributed by atoms with E-state index in [1.807, 2.05) is 19.1 Å². The van der Waals surface area contributed by atoms with Crippen LogP contribution in [0.1, 0.15) is 12.5 Å². The van der Waals surface area contributed by atoms with E-state index in [4.69, 9.17) is 31.2 Å². The van der Waals surface area contributed by atoms with Gasteiger partial charge in [-0.3, -0.25) is 4.79 Å². The highest BCUT2D eigenvalue weighted by Gasteiger charge is 2.33. The van der Waals surface area contributed by atoms with Crippen LogP contribution in [0.15, 0.2) is 42.1 Å². The molecule has 2 aromatic rings. The van der Waals surface area contributed by atoms with Gasteiger partial charge < -0.3 is 24.3 Å². The Morgan fingerprint density at radius 1 is 1.03 bits per heavy atom. The predicted molar refractivity (Wildman–Crippen MR) is 115 cm³/mol. The van der Waals surface area contributed by atoms with Gasteiger partial charge in [0.05, 0.1) is 33.6 Å². The van der Waals surface area contributed by atoms with E-state index >= 15 is 0 Å². The van der Waals surface area contributed by atoms with Crippen molar-refractivity contribution in [1.82, 2.24) is 5.32 Å². The van der Waals surface area contributed by atoms with E-state index in [9.17, 15) is 4.79 Å². The Kier molecular flexibility index (Phi) is 6.23. The molecule has 7 nitrogen and oxygen atoms in total. The van der Waals surface area contributed by atoms with Gasteiger partial charge in [0.25, 0.3) is 5.91 Å². The normalized spacial score (nSPS) is 14.8. The Bertz CT molecular complexity index is 948. The van der Waals surface area contributed by atoms with Crippen molar-refractivity contribution in [2.24, 2.45) is 0 Å². The molecule has 0 radical (unpaired) electrons. The molecule has 152 valence electrons. The summed E-state index contributed by atoms with van der Waals surface area (Å²) >= 11 is 5.40. The molecule has 0 aliphatic carbocycles. The number of carbonyl (C=O) groups excluding carboxylic acids is 1. The van der Waals surface area contributed by atoms with E-state index in [1.165, 1.54) is 26.2 Å². The maximum atomic E-state index is 13.1. The summed E-state index contributed by atoms with van der Waals surface area (Å²) in [5.74, 6) is 1.76. The smallest absolute Gasteiger partial charge is 0.281 e. The van der Waals surface area contributed by atoms with Gasteiger partial charge in [0.1, 0.15) is 11.4 Å². The number of benzene rings is 2. The zero-order valence-electron chi connectivity index (χ0n) is 16.6. The molecule has 3 rings (SSSR count). The number of amides is 1. The van der Waals surface area contributed by atoms with Crippen LogP contribution in [0.5, 0.6) is 23.0 Å². The van der Waals surface area contributed by atoms with E-state index in [2.05, 4.69) is 5.32 Å². The van der Waals surface area contributed by atoms with Gasteiger partial charge in [0, 0.05) is 0 Å². The average Bonchev–Trinajstić information content (AvgIpc) is 3.00. The van der Waals surface area contributed by atoms with E-state index in [-0.39, 0.29) is 11.0 Å². The molecule has 1 heterocycles. The minimum Gasteiger partial charge on any atom is -0.493 e. The maximum Gasteiger partial charge on any atom is 0.281 e. The van der Waals surface area contributed by atoms with Crippen molar-refractivity contribution in [3.63, 3.8) is 0 Å². The Morgan fingerprint density at radius 3 is 2.28 bits per heavy atom. The minimum absolute atomic E-state index is 0.279. The maximum absolute atomic E-state index is 13.1. The van der Waals surface area contributed by atoms with Crippen molar-refractivity contribution < 1.29 is 23.7 Å². The van der Waals surface area contributed by atoms with Crippen LogP contribution in [-0.4, -0.2) is 39.0 Å². The first kappa shape index (κ1) is 20.5. The summed E-state index contributed by atoms with van der Waals surface area (Å²) in [4.78, 5) is 14.5. The molecule has 0 unspecified atom stereocenters. The van der Waals surface area contributed by atoms with Crippen LogP contribution in [0.3, 0.4) is 0 Å². The largest absolute Gasteiger partial charge is 0.493 e. The Morgan fingerprint density at radius 2 is 1.69 bits per heavy atom. The number of methoxy groups -OCH3 is 3. The van der Waals surface area contributed by atoms with Gasteiger partial charge >= 0.3 is 0 Å². The summed E-state index contributed by atoms with van der Waals surface area (Å²) in [6, 6.07) is 10.8. The molecule has 1 aliphatic rings. The lowest BCUT2D eigenvalue weighted by Gasteiger charge is -2.18. The number of hydrogen-bond acceptors (Lipinski definition) is 6. The van der Waals surface area contributed by atoms with Crippen molar-refractivity contribution >= 4 is 35.0 Å². The molecular weight excluding hydrogens is 392 g/mol. The summed E-state index contributed by atoms with van der Waals surface area (Å²) in [6.07, 6.45) is 1.68. The molecule has 0 aromatic heterocycles. The number of rotatable bonds is 7. The first-order valence-electron chi connectivity index (χ1n) is 8.93. The highest BCUT2D eigenvalue weighted by atomic mass is 32.1. The zero-order valence-corrected chi connectivity index (χ0v) is 17.5. The van der Waals surface area contributed by atoms with Crippen molar-refractivity contribution in [3.05, 3.63) is 47.7 Å². The fraction of sp³-hybridized carbons (Fsp3) is 0.238. The van der Waals surface area contributed by atoms with Gasteiger partial charge in [-0.25, -0.2) is 4.90 Å². The Balaban J connectivity index is 1.99. The zero-order chi connectivity index (χ0) is 21.0. The highest BCUT2D eigenvalue weighted by molar-refractivity contribution is 7.80. The molecule has 1 fully saturated rings. The molecule has 1 N–H and O–H groups in total. The second-order valence-electron chi connectivity index (χ2n) is 5.99. The minimum atomic E-state index is -0.282. The second-order valence-corrected chi connectivity index (χ2v) is 6.37. The number of carbonyl (C=O) groups is 1. The summed E-state index contributed by atoms with van der Waals surface area (Å²) in [6.45, 7) is 2.36. The molecule has 0 saturated carbocycles. The third-order valence-electron chi connectivity index (χ3n) is 4.28. The van der Waals surface area contributed by atoms with Gasteiger partial charge in [-0.2, -0.15) is 0 Å². The first-order valence-corrected chi connectivity index (χ1v) is 9.33. The van der Waals surface area contributed by atoms with Gasteiger partial charge in [0.2, 0.25) is 5.75 Å². The van der Waals surface area contributed by atoms with E-state index in [0.717, 1.165) is 0 Å². The number of anilines is 1. The summed E-state index contributed by atoms with van der Waals surface area (Å²) in [5.41, 5.74) is 1.61. The topological polar surface area (TPSA) is 69.3 Å². The molecule has 29 heavy (non-hydrogen) atoms. The quantitative estimate of drug-likeness (QED) is 0.550. The molecule has 0 bridgehead atoms. The number of nitrogens with zero attached hydrogens (tertiary/aromatic N) is 1. The standard InChI is InChI=1S/C21H22N2O5S/c1-5-28-16-9-7-6-8-15(16)23-20(24)14(22-21(23)29)10-13-11-17(25-2)19(27-4)18(12-13)26-3/h6-12H,5H2,1-4H3,(H,22,29)/b14-10+. The molecule has 0 spiro atoms. The molecule has 0 atom stereocenters. The second kappa shape index (κ2) is 8.83. The van der Waals surface area contributed by atoms with Crippen molar-refractivity contribution in [1.29, 1.82) is 0 Å². The molecule has 1 amide bonds. The molecule has 2 aromatic carbocycles. The van der Waals surface area contributed by atoms with E-state index in [1.54, 1.807) is 30.3 Å². The third-order valence-corrected chi connectivity index (χ3v) is 4.57. The number of thiocarbonyl (C=S) groups is 1. The van der Waals surface area contributed by atoms with Gasteiger partial charge in [-0.05, 0) is 55.0 Å². The fourth-order valence-electron chi connectivity index (χ4n) is 3.02. The van der Waals surface area contributed by atoms with Crippen molar-refractivity contribution in [2.75, 3.05) is 32.8 Å². The lowest BCUT2D eigenvalue weighted by Crippen LogP contribution is -2.30. The van der Waals surface area contributed by atoms with E-state index in [0.29, 0.717) is 46.6 Å². The summed E-state index contributed by atoms with van der Waals surface area (Å²) < 4.78 is 21.7. The molecule has 8 heteroatoms. The van der Waals surface area contributed by atoms with Crippen LogP contribution in [-0.2, 0) is 4.79 Å². The number of ether oxygens (including phenoxy) is 4. The van der Waals surface area contributed by atoms with Crippen LogP contribution in [0, 0.1) is 0 Å². The summed E-state index contributed by atoms with van der Waals surface area (Å²) in [5, 5.41) is 3.25. The van der Waals surface area contributed by atoms with E-state index < -0.39 is 0 Å². The summed E-state index contributed by atoms with van der Waals surface area (Å²) in [7, 11) is 4.61. The monoisotopic (exact) mass is 414 g/mol. The molecular formula is C21H22N2O5S. The van der Waals surface area contributed by atoms with Crippen LogP contribution >= 0.6 is 12.2 Å². The number of nitrogens with one attached hydrogen (secondary N) is 1. The Labute approximate surface area is 174 Å². The van der Waals surface area contributed by atoms with Crippen molar-refractivity contribution in [3.8, 4) is 23.0 Å². The lowest BCUT2D eigenvalue weighted by molar-refractivity contribution is -0.113.